The summed E-state index contributed by atoms with van der Waals surface area (Å²) in [5.41, 5.74) is 1.90. The van der Waals surface area contributed by atoms with E-state index in [0.717, 1.165) is 0 Å². The first-order valence-electron chi connectivity index (χ1n) is 10.4. The van der Waals surface area contributed by atoms with Crippen LogP contribution >= 0.6 is 0 Å². The molecule has 0 aliphatic heterocycles. The largest absolute Gasteiger partial charge is 0.493 e. The van der Waals surface area contributed by atoms with E-state index in [-0.39, 0.29) is 11.4 Å². The Hall–Kier alpha value is -4.05. The molecule has 0 saturated heterocycles. The second-order valence-corrected chi connectivity index (χ2v) is 9.24. The molecule has 10 heteroatoms. The number of rotatable bonds is 9. The minimum Gasteiger partial charge on any atom is -0.493 e. The predicted octanol–water partition coefficient (Wildman–Crippen LogP) is 4.19. The topological polar surface area (TPSA) is 107 Å². The smallest absolute Gasteiger partial charge is 0.264 e. The van der Waals surface area contributed by atoms with Gasteiger partial charge in [-0.2, -0.15) is 4.98 Å². The third-order valence-corrected chi connectivity index (χ3v) is 6.95. The maximum Gasteiger partial charge on any atom is 0.264 e. The van der Waals surface area contributed by atoms with Crippen LogP contribution in [0, 0.1) is 0 Å². The van der Waals surface area contributed by atoms with Crippen molar-refractivity contribution >= 4 is 21.4 Å². The fourth-order valence-corrected chi connectivity index (χ4v) is 4.54. The van der Waals surface area contributed by atoms with Gasteiger partial charge in [-0.3, -0.25) is 4.31 Å². The highest BCUT2D eigenvalue weighted by atomic mass is 32.2. The van der Waals surface area contributed by atoms with E-state index in [9.17, 15) is 8.42 Å². The van der Waals surface area contributed by atoms with Crippen LogP contribution in [0.4, 0.5) is 11.4 Å². The van der Waals surface area contributed by atoms with Crippen LogP contribution in [0.3, 0.4) is 0 Å². The number of aromatic nitrogens is 2. The molecule has 1 heterocycles. The number of anilines is 2. The van der Waals surface area contributed by atoms with Crippen LogP contribution in [0.2, 0.25) is 0 Å². The van der Waals surface area contributed by atoms with Crippen molar-refractivity contribution < 1.29 is 22.4 Å². The van der Waals surface area contributed by atoms with Gasteiger partial charge in [-0.15, -0.1) is 0 Å². The summed E-state index contributed by atoms with van der Waals surface area (Å²) in [5, 5.41) is 7.15. The van der Waals surface area contributed by atoms with Crippen molar-refractivity contribution in [2.75, 3.05) is 30.9 Å². The molecule has 3 aromatic carbocycles. The molecular formula is C24H24N4O5S. The lowest BCUT2D eigenvalue weighted by Crippen LogP contribution is -2.26. The number of methoxy groups -OCH3 is 2. The first-order chi connectivity index (χ1) is 16.4. The lowest BCUT2D eigenvalue weighted by Gasteiger charge is -2.19. The van der Waals surface area contributed by atoms with E-state index in [1.807, 2.05) is 6.07 Å². The average molecular weight is 481 g/mol. The first-order valence-corrected chi connectivity index (χ1v) is 11.8. The van der Waals surface area contributed by atoms with E-state index >= 15 is 0 Å². The van der Waals surface area contributed by atoms with Gasteiger partial charge in [-0.1, -0.05) is 29.4 Å². The van der Waals surface area contributed by atoms with Crippen LogP contribution < -0.4 is 19.1 Å². The van der Waals surface area contributed by atoms with Gasteiger partial charge in [0.15, 0.2) is 11.5 Å². The molecule has 0 spiro atoms. The molecule has 0 saturated carbocycles. The zero-order chi connectivity index (χ0) is 24.1. The fraction of sp³-hybridized carbons (Fsp3) is 0.167. The van der Waals surface area contributed by atoms with Crippen LogP contribution in [-0.2, 0) is 16.6 Å². The number of para-hydroxylation sites is 1. The minimum atomic E-state index is -3.72. The zero-order valence-corrected chi connectivity index (χ0v) is 19.7. The normalized spacial score (nSPS) is 11.1. The quantitative estimate of drug-likeness (QED) is 0.380. The third-order valence-electron chi connectivity index (χ3n) is 5.17. The molecule has 0 atom stereocenters. The highest BCUT2D eigenvalue weighted by Gasteiger charge is 2.21. The van der Waals surface area contributed by atoms with Gasteiger partial charge in [0, 0.05) is 18.3 Å². The number of hydrogen-bond donors (Lipinski definition) is 1. The van der Waals surface area contributed by atoms with E-state index in [1.54, 1.807) is 80.9 Å². The highest BCUT2D eigenvalue weighted by molar-refractivity contribution is 7.92. The zero-order valence-electron chi connectivity index (χ0n) is 18.9. The van der Waals surface area contributed by atoms with Crippen LogP contribution in [0.1, 0.15) is 5.89 Å². The Morgan fingerprint density at radius 3 is 2.44 bits per heavy atom. The van der Waals surface area contributed by atoms with Gasteiger partial charge < -0.3 is 19.3 Å². The Morgan fingerprint density at radius 1 is 0.941 bits per heavy atom. The van der Waals surface area contributed by atoms with E-state index in [4.69, 9.17) is 14.0 Å². The summed E-state index contributed by atoms with van der Waals surface area (Å²) in [7, 11) is 0.924. The van der Waals surface area contributed by atoms with Gasteiger partial charge in [0.05, 0.1) is 31.3 Å². The van der Waals surface area contributed by atoms with Gasteiger partial charge in [-0.05, 0) is 48.5 Å². The van der Waals surface area contributed by atoms with E-state index in [1.165, 1.54) is 11.4 Å². The van der Waals surface area contributed by atoms with Crippen LogP contribution in [0.5, 0.6) is 11.5 Å². The van der Waals surface area contributed by atoms with Crippen molar-refractivity contribution in [2.24, 2.45) is 0 Å². The van der Waals surface area contributed by atoms with E-state index in [0.29, 0.717) is 40.2 Å². The summed E-state index contributed by atoms with van der Waals surface area (Å²) < 4.78 is 43.3. The van der Waals surface area contributed by atoms with Gasteiger partial charge in [0.1, 0.15) is 0 Å². The number of hydrogen-bond acceptors (Lipinski definition) is 8. The van der Waals surface area contributed by atoms with Gasteiger partial charge in [-0.25, -0.2) is 8.42 Å². The molecule has 0 fully saturated rings. The Bertz CT molecular complexity index is 1370. The predicted molar refractivity (Wildman–Crippen MR) is 129 cm³/mol. The van der Waals surface area contributed by atoms with Crippen molar-refractivity contribution in [2.45, 2.75) is 11.4 Å². The number of sulfonamides is 1. The SMILES string of the molecule is COc1ccc(-c2noc(CNc3cccc(S(=O)(=O)N(C)c4ccccc4)c3)n2)cc1OC. The second kappa shape index (κ2) is 9.84. The molecule has 4 rings (SSSR count). The van der Waals surface area contributed by atoms with Crippen LogP contribution in [0.25, 0.3) is 11.4 Å². The van der Waals surface area contributed by atoms with Crippen molar-refractivity contribution in [3.05, 3.63) is 78.7 Å². The lowest BCUT2D eigenvalue weighted by atomic mass is 10.2. The maximum atomic E-state index is 13.1. The molecule has 0 bridgehead atoms. The lowest BCUT2D eigenvalue weighted by molar-refractivity contribution is 0.355. The van der Waals surface area contributed by atoms with Crippen LogP contribution in [-0.4, -0.2) is 39.8 Å². The van der Waals surface area contributed by atoms with E-state index in [2.05, 4.69) is 15.5 Å². The Labute approximate surface area is 198 Å². The van der Waals surface area contributed by atoms with Crippen molar-refractivity contribution in [3.8, 4) is 22.9 Å². The third kappa shape index (κ3) is 4.81. The molecule has 0 amide bonds. The van der Waals surface area contributed by atoms with Gasteiger partial charge in [0.2, 0.25) is 11.7 Å². The molecule has 4 aromatic rings. The molecule has 1 aromatic heterocycles. The number of ether oxygens (including phenoxy) is 2. The first kappa shape index (κ1) is 23.1. The molecule has 9 nitrogen and oxygen atoms in total. The number of nitrogens with one attached hydrogen (secondary N) is 1. The number of benzene rings is 3. The molecule has 0 unspecified atom stereocenters. The summed E-state index contributed by atoms with van der Waals surface area (Å²) in [6.45, 7) is 0.221. The number of nitrogens with zero attached hydrogens (tertiary/aromatic N) is 3. The summed E-state index contributed by atoms with van der Waals surface area (Å²) in [6.07, 6.45) is 0. The summed E-state index contributed by atoms with van der Waals surface area (Å²) in [6, 6.07) is 20.8. The Kier molecular flexibility index (Phi) is 6.69. The van der Waals surface area contributed by atoms with Crippen molar-refractivity contribution in [3.63, 3.8) is 0 Å². The fourth-order valence-electron chi connectivity index (χ4n) is 3.30. The summed E-state index contributed by atoms with van der Waals surface area (Å²) in [4.78, 5) is 4.57. The maximum absolute atomic E-state index is 13.1. The molecular weight excluding hydrogens is 456 g/mol. The molecule has 176 valence electrons. The van der Waals surface area contributed by atoms with E-state index < -0.39 is 10.0 Å². The summed E-state index contributed by atoms with van der Waals surface area (Å²) >= 11 is 0. The van der Waals surface area contributed by atoms with Crippen molar-refractivity contribution in [1.82, 2.24) is 10.1 Å². The Morgan fingerprint density at radius 2 is 1.71 bits per heavy atom. The average Bonchev–Trinajstić information content (AvgIpc) is 3.36. The van der Waals surface area contributed by atoms with Gasteiger partial charge >= 0.3 is 0 Å². The standard InChI is InChI=1S/C24H24N4O5S/c1-28(19-9-5-4-6-10-19)34(29,30)20-11-7-8-18(15-20)25-16-23-26-24(27-33-23)17-12-13-21(31-2)22(14-17)32-3/h4-15,25H,16H2,1-3H3. The van der Waals surface area contributed by atoms with Gasteiger partial charge in [0.25, 0.3) is 10.0 Å². The summed E-state index contributed by atoms with van der Waals surface area (Å²) in [5.74, 6) is 1.91. The molecule has 0 radical (unpaired) electrons. The monoisotopic (exact) mass is 480 g/mol. The second-order valence-electron chi connectivity index (χ2n) is 7.27. The highest BCUT2D eigenvalue weighted by Crippen LogP contribution is 2.31. The van der Waals surface area contributed by atoms with Crippen LogP contribution in [0.15, 0.2) is 82.2 Å². The molecule has 34 heavy (non-hydrogen) atoms. The Balaban J connectivity index is 1.47. The minimum absolute atomic E-state index is 0.167. The molecule has 0 aliphatic rings. The molecule has 0 aliphatic carbocycles. The molecule has 1 N–H and O–H groups in total. The van der Waals surface area contributed by atoms with Crippen molar-refractivity contribution in [1.29, 1.82) is 0 Å².